The first kappa shape index (κ1) is 11.7. The Morgan fingerprint density at radius 3 is 2.61 bits per heavy atom. The molecule has 4 heteroatoms. The molecule has 1 aromatic carbocycles. The average Bonchev–Trinajstić information content (AvgIpc) is 2.37. The summed E-state index contributed by atoms with van der Waals surface area (Å²) in [7, 11) is 0. The highest BCUT2D eigenvalue weighted by atomic mass is 16.6. The normalized spacial score (nSPS) is 27.1. The molecule has 1 N–H and O–H groups in total. The number of nitrogens with one attached hydrogen (secondary N) is 1. The Balaban J connectivity index is 1.91. The quantitative estimate of drug-likeness (QED) is 0.819. The molecule has 1 fully saturated rings. The number of rotatable bonds is 1. The maximum Gasteiger partial charge on any atom is 0.184 e. The number of hydrogen-bond donors (Lipinski definition) is 1. The first-order chi connectivity index (χ1) is 8.74. The minimum Gasteiger partial charge on any atom is -0.486 e. The fourth-order valence-electron chi connectivity index (χ4n) is 2.83. The molecule has 1 aromatic rings. The van der Waals surface area contributed by atoms with Crippen LogP contribution in [0.1, 0.15) is 13.8 Å². The molecule has 1 saturated heterocycles. The average molecular weight is 248 g/mol. The highest BCUT2D eigenvalue weighted by Crippen LogP contribution is 2.39. The van der Waals surface area contributed by atoms with E-state index in [1.54, 1.807) is 0 Å². The summed E-state index contributed by atoms with van der Waals surface area (Å²) in [5, 5.41) is 3.55. The lowest BCUT2D eigenvalue weighted by molar-refractivity contribution is 0.171. The number of hydrogen-bond acceptors (Lipinski definition) is 4. The molecule has 0 saturated carbocycles. The summed E-state index contributed by atoms with van der Waals surface area (Å²) < 4.78 is 11.4. The van der Waals surface area contributed by atoms with Crippen LogP contribution >= 0.6 is 0 Å². The third-order valence-electron chi connectivity index (χ3n) is 3.44. The van der Waals surface area contributed by atoms with E-state index in [9.17, 15) is 0 Å². The first-order valence-corrected chi connectivity index (χ1v) is 6.63. The van der Waals surface area contributed by atoms with Gasteiger partial charge < -0.3 is 19.7 Å². The second kappa shape index (κ2) is 4.69. The summed E-state index contributed by atoms with van der Waals surface area (Å²) in [5.41, 5.74) is 1.16. The highest BCUT2D eigenvalue weighted by Gasteiger charge is 2.25. The van der Waals surface area contributed by atoms with Gasteiger partial charge in [-0.2, -0.15) is 0 Å². The van der Waals surface area contributed by atoms with E-state index in [1.807, 2.05) is 12.1 Å². The molecule has 0 aliphatic carbocycles. The van der Waals surface area contributed by atoms with Crippen molar-refractivity contribution in [3.05, 3.63) is 18.2 Å². The van der Waals surface area contributed by atoms with Crippen molar-refractivity contribution in [3.63, 3.8) is 0 Å². The van der Waals surface area contributed by atoms with E-state index in [0.29, 0.717) is 25.3 Å². The van der Waals surface area contributed by atoms with Crippen LogP contribution in [0.3, 0.4) is 0 Å². The van der Waals surface area contributed by atoms with E-state index in [2.05, 4.69) is 30.1 Å². The third-order valence-corrected chi connectivity index (χ3v) is 3.44. The molecule has 0 radical (unpaired) electrons. The second-order valence-corrected chi connectivity index (χ2v) is 5.18. The number of fused-ring (bicyclic) bond motifs is 1. The van der Waals surface area contributed by atoms with Crippen molar-refractivity contribution in [2.75, 3.05) is 31.2 Å². The summed E-state index contributed by atoms with van der Waals surface area (Å²) >= 11 is 0. The zero-order valence-corrected chi connectivity index (χ0v) is 11.0. The molecular formula is C14H20N2O2. The van der Waals surface area contributed by atoms with Gasteiger partial charge in [-0.1, -0.05) is 6.07 Å². The van der Waals surface area contributed by atoms with Crippen LogP contribution in [0.15, 0.2) is 18.2 Å². The van der Waals surface area contributed by atoms with Gasteiger partial charge in [-0.25, -0.2) is 0 Å². The SMILES string of the molecule is C[C@H]1CN(c2cccc3c2OCCO3)C[C@H](C)N1. The van der Waals surface area contributed by atoms with Crippen molar-refractivity contribution in [3.8, 4) is 11.5 Å². The van der Waals surface area contributed by atoms with Crippen molar-refractivity contribution in [2.45, 2.75) is 25.9 Å². The smallest absolute Gasteiger partial charge is 0.184 e. The lowest BCUT2D eigenvalue weighted by Gasteiger charge is -2.38. The Hall–Kier alpha value is -1.42. The predicted molar refractivity (Wildman–Crippen MR) is 71.7 cm³/mol. The van der Waals surface area contributed by atoms with Gasteiger partial charge in [0, 0.05) is 25.2 Å². The monoisotopic (exact) mass is 248 g/mol. The maximum absolute atomic E-state index is 5.79. The summed E-state index contributed by atoms with van der Waals surface area (Å²) in [4.78, 5) is 2.39. The molecule has 0 unspecified atom stereocenters. The number of benzene rings is 1. The number of para-hydroxylation sites is 1. The van der Waals surface area contributed by atoms with Crippen LogP contribution in [0.2, 0.25) is 0 Å². The molecule has 3 rings (SSSR count). The molecular weight excluding hydrogens is 228 g/mol. The van der Waals surface area contributed by atoms with Gasteiger partial charge in [-0.3, -0.25) is 0 Å². The third kappa shape index (κ3) is 2.12. The Bertz CT molecular complexity index is 426. The summed E-state index contributed by atoms with van der Waals surface area (Å²) in [6.45, 7) is 7.73. The number of ether oxygens (including phenoxy) is 2. The molecule has 4 nitrogen and oxygen atoms in total. The Labute approximate surface area is 108 Å². The lowest BCUT2D eigenvalue weighted by Crippen LogP contribution is -2.54. The van der Waals surface area contributed by atoms with E-state index in [4.69, 9.17) is 9.47 Å². The summed E-state index contributed by atoms with van der Waals surface area (Å²) in [6, 6.07) is 7.13. The van der Waals surface area contributed by atoms with E-state index in [-0.39, 0.29) is 0 Å². The first-order valence-electron chi connectivity index (χ1n) is 6.63. The van der Waals surface area contributed by atoms with Crippen LogP contribution in [0, 0.1) is 0 Å². The van der Waals surface area contributed by atoms with Crippen LogP contribution < -0.4 is 19.7 Å². The predicted octanol–water partition coefficient (Wildman–Crippen LogP) is 1.64. The molecule has 0 aromatic heterocycles. The fourth-order valence-corrected chi connectivity index (χ4v) is 2.83. The number of anilines is 1. The van der Waals surface area contributed by atoms with Crippen LogP contribution in [-0.2, 0) is 0 Å². The minimum absolute atomic E-state index is 0.495. The zero-order chi connectivity index (χ0) is 12.5. The fraction of sp³-hybridized carbons (Fsp3) is 0.571. The van der Waals surface area contributed by atoms with Crippen molar-refractivity contribution in [1.29, 1.82) is 0 Å². The van der Waals surface area contributed by atoms with Gasteiger partial charge in [-0.15, -0.1) is 0 Å². The van der Waals surface area contributed by atoms with Crippen molar-refractivity contribution in [1.82, 2.24) is 5.32 Å². The van der Waals surface area contributed by atoms with Gasteiger partial charge >= 0.3 is 0 Å². The van der Waals surface area contributed by atoms with Gasteiger partial charge in [0.25, 0.3) is 0 Å². The number of piperazine rings is 1. The second-order valence-electron chi connectivity index (χ2n) is 5.18. The molecule has 2 atom stereocenters. The van der Waals surface area contributed by atoms with E-state index >= 15 is 0 Å². The highest BCUT2D eigenvalue weighted by molar-refractivity contribution is 5.65. The minimum atomic E-state index is 0.495. The Morgan fingerprint density at radius 1 is 1.11 bits per heavy atom. The zero-order valence-electron chi connectivity index (χ0n) is 11.0. The summed E-state index contributed by atoms with van der Waals surface area (Å²) in [6.07, 6.45) is 0. The van der Waals surface area contributed by atoms with Gasteiger partial charge in [0.15, 0.2) is 11.5 Å². The largest absolute Gasteiger partial charge is 0.486 e. The van der Waals surface area contributed by atoms with Gasteiger partial charge in [-0.05, 0) is 26.0 Å². The topological polar surface area (TPSA) is 33.7 Å². The van der Waals surface area contributed by atoms with Crippen molar-refractivity contribution < 1.29 is 9.47 Å². The number of nitrogens with zero attached hydrogens (tertiary/aromatic N) is 1. The van der Waals surface area contributed by atoms with Crippen molar-refractivity contribution in [2.24, 2.45) is 0 Å². The summed E-state index contributed by atoms with van der Waals surface area (Å²) in [5.74, 6) is 1.78. The van der Waals surface area contributed by atoms with Gasteiger partial charge in [0.2, 0.25) is 0 Å². The molecule has 2 heterocycles. The molecule has 0 spiro atoms. The van der Waals surface area contributed by atoms with Crippen LogP contribution in [0.5, 0.6) is 11.5 Å². The molecule has 2 aliphatic rings. The molecule has 18 heavy (non-hydrogen) atoms. The molecule has 98 valence electrons. The molecule has 0 amide bonds. The van der Waals surface area contributed by atoms with Gasteiger partial charge in [0.05, 0.1) is 5.69 Å². The Kier molecular flexibility index (Phi) is 3.04. The van der Waals surface area contributed by atoms with Gasteiger partial charge in [0.1, 0.15) is 13.2 Å². The van der Waals surface area contributed by atoms with E-state index in [1.165, 1.54) is 0 Å². The van der Waals surface area contributed by atoms with Crippen LogP contribution in [-0.4, -0.2) is 38.4 Å². The van der Waals surface area contributed by atoms with Crippen molar-refractivity contribution >= 4 is 5.69 Å². The van der Waals surface area contributed by atoms with E-state index in [0.717, 1.165) is 30.3 Å². The van der Waals surface area contributed by atoms with E-state index < -0.39 is 0 Å². The lowest BCUT2D eigenvalue weighted by atomic mass is 10.1. The van der Waals surface area contributed by atoms with Crippen LogP contribution in [0.25, 0.3) is 0 Å². The standard InChI is InChI=1S/C14H20N2O2/c1-10-8-16(9-11(2)15-10)12-4-3-5-13-14(12)18-7-6-17-13/h3-5,10-11,15H,6-9H2,1-2H3/t10-,11-/m0/s1. The molecule has 2 aliphatic heterocycles. The Morgan fingerprint density at radius 2 is 1.83 bits per heavy atom. The van der Waals surface area contributed by atoms with Crippen LogP contribution in [0.4, 0.5) is 5.69 Å². The maximum atomic E-state index is 5.79. The molecule has 0 bridgehead atoms.